The number of carbonyl (C=O) groups is 1. The van der Waals surface area contributed by atoms with E-state index < -0.39 is 26.7 Å². The molecule has 0 saturated carbocycles. The first-order valence-corrected chi connectivity index (χ1v) is 13.4. The molecule has 0 spiro atoms. The van der Waals surface area contributed by atoms with E-state index >= 15 is 0 Å². The van der Waals surface area contributed by atoms with Gasteiger partial charge < -0.3 is 15.2 Å². The molecular formula is C26H21Cl2N3O6S. The van der Waals surface area contributed by atoms with Gasteiger partial charge in [0.15, 0.2) is 5.75 Å². The summed E-state index contributed by atoms with van der Waals surface area (Å²) in [5.41, 5.74) is 0.231. The Morgan fingerprint density at radius 1 is 1.03 bits per heavy atom. The van der Waals surface area contributed by atoms with Crippen molar-refractivity contribution < 1.29 is 27.6 Å². The van der Waals surface area contributed by atoms with Gasteiger partial charge >= 0.3 is 0 Å². The molecule has 0 aliphatic heterocycles. The molecule has 0 fully saturated rings. The SMILES string of the molecule is CCOc1ccc(NC(=O)c2cc3ccccc3c(N=Nc3c(S(=O)(=O)O)ccc(C)c3Cl)c2O)c(Cl)c1. The minimum Gasteiger partial charge on any atom is -0.505 e. The fourth-order valence-electron chi connectivity index (χ4n) is 3.68. The lowest BCUT2D eigenvalue weighted by molar-refractivity contribution is 0.102. The first kappa shape index (κ1) is 27.3. The Bertz CT molecular complexity index is 1710. The Balaban J connectivity index is 1.81. The van der Waals surface area contributed by atoms with Crippen LogP contribution in [0.2, 0.25) is 10.0 Å². The molecule has 4 aromatic carbocycles. The number of hydrogen-bond acceptors (Lipinski definition) is 7. The largest absolute Gasteiger partial charge is 0.505 e. The van der Waals surface area contributed by atoms with E-state index in [4.69, 9.17) is 27.9 Å². The third kappa shape index (κ3) is 5.58. The molecular weight excluding hydrogens is 553 g/mol. The summed E-state index contributed by atoms with van der Waals surface area (Å²) in [6.07, 6.45) is 0. The fraction of sp³-hybridized carbons (Fsp3) is 0.115. The molecule has 196 valence electrons. The van der Waals surface area contributed by atoms with Crippen molar-refractivity contribution in [1.29, 1.82) is 0 Å². The quantitative estimate of drug-likeness (QED) is 0.155. The molecule has 3 N–H and O–H groups in total. The zero-order valence-electron chi connectivity index (χ0n) is 20.1. The highest BCUT2D eigenvalue weighted by Gasteiger charge is 2.22. The first-order chi connectivity index (χ1) is 18.0. The number of phenolic OH excluding ortho intramolecular Hbond substituents is 1. The van der Waals surface area contributed by atoms with Crippen molar-refractivity contribution in [1.82, 2.24) is 0 Å². The van der Waals surface area contributed by atoms with Crippen LogP contribution in [0.5, 0.6) is 11.5 Å². The molecule has 12 heteroatoms. The third-order valence-corrected chi connectivity index (χ3v) is 7.21. The zero-order valence-corrected chi connectivity index (χ0v) is 22.4. The highest BCUT2D eigenvalue weighted by molar-refractivity contribution is 7.86. The Kier molecular flexibility index (Phi) is 7.89. The molecule has 0 heterocycles. The average Bonchev–Trinajstić information content (AvgIpc) is 2.86. The summed E-state index contributed by atoms with van der Waals surface area (Å²) in [7, 11) is -4.68. The zero-order chi connectivity index (χ0) is 27.6. The van der Waals surface area contributed by atoms with Gasteiger partial charge in [-0.05, 0) is 49.1 Å². The van der Waals surface area contributed by atoms with E-state index in [0.717, 1.165) is 6.07 Å². The van der Waals surface area contributed by atoms with E-state index in [-0.39, 0.29) is 27.0 Å². The van der Waals surface area contributed by atoms with Crippen LogP contribution in [-0.2, 0) is 10.1 Å². The number of amides is 1. The minimum atomic E-state index is -4.68. The monoisotopic (exact) mass is 573 g/mol. The Hall–Kier alpha value is -3.70. The number of ether oxygens (including phenoxy) is 1. The van der Waals surface area contributed by atoms with Crippen molar-refractivity contribution in [2.24, 2.45) is 10.2 Å². The third-order valence-electron chi connectivity index (χ3n) is 5.54. The van der Waals surface area contributed by atoms with Gasteiger partial charge in [-0.2, -0.15) is 8.42 Å². The van der Waals surface area contributed by atoms with Crippen LogP contribution in [0.1, 0.15) is 22.8 Å². The van der Waals surface area contributed by atoms with Crippen LogP contribution in [0.4, 0.5) is 17.1 Å². The van der Waals surface area contributed by atoms with Crippen LogP contribution in [0.3, 0.4) is 0 Å². The predicted octanol–water partition coefficient (Wildman–Crippen LogP) is 7.47. The lowest BCUT2D eigenvalue weighted by Crippen LogP contribution is -2.12. The van der Waals surface area contributed by atoms with Crippen LogP contribution in [0.25, 0.3) is 10.8 Å². The minimum absolute atomic E-state index is 0.0493. The standard InChI is InChI=1S/C26H21Cl2N3O6S/c1-3-37-16-9-10-20(19(27)13-16)29-26(33)18-12-15-6-4-5-7-17(15)23(25(18)32)30-31-24-21(38(34,35)36)11-8-14(2)22(24)28/h4-13,32H,3H2,1-2H3,(H,29,33)(H,34,35,36). The molecule has 0 aromatic heterocycles. The summed E-state index contributed by atoms with van der Waals surface area (Å²) >= 11 is 12.6. The summed E-state index contributed by atoms with van der Waals surface area (Å²) in [6, 6.07) is 15.6. The molecule has 0 atom stereocenters. The number of carbonyl (C=O) groups excluding carboxylic acids is 1. The summed E-state index contributed by atoms with van der Waals surface area (Å²) in [4.78, 5) is 12.6. The number of aromatic hydroxyl groups is 1. The summed E-state index contributed by atoms with van der Waals surface area (Å²) < 4.78 is 38.8. The second kappa shape index (κ2) is 11.0. The topological polar surface area (TPSA) is 138 Å². The number of benzene rings is 4. The number of nitrogens with one attached hydrogen (secondary N) is 1. The second-order valence-corrected chi connectivity index (χ2v) is 10.3. The molecule has 0 saturated heterocycles. The Morgan fingerprint density at radius 2 is 1.74 bits per heavy atom. The van der Waals surface area contributed by atoms with Gasteiger partial charge in [-0.15, -0.1) is 10.2 Å². The smallest absolute Gasteiger partial charge is 0.296 e. The predicted molar refractivity (Wildman–Crippen MR) is 146 cm³/mol. The van der Waals surface area contributed by atoms with E-state index in [1.807, 2.05) is 6.92 Å². The van der Waals surface area contributed by atoms with Crippen molar-refractivity contribution in [3.63, 3.8) is 0 Å². The van der Waals surface area contributed by atoms with Gasteiger partial charge in [0.05, 0.1) is 27.9 Å². The van der Waals surface area contributed by atoms with Gasteiger partial charge in [0.25, 0.3) is 16.0 Å². The molecule has 0 bridgehead atoms. The van der Waals surface area contributed by atoms with Crippen molar-refractivity contribution in [2.45, 2.75) is 18.7 Å². The van der Waals surface area contributed by atoms with Crippen LogP contribution in [0.15, 0.2) is 75.8 Å². The number of halogens is 2. The molecule has 1 amide bonds. The summed E-state index contributed by atoms with van der Waals surface area (Å²) in [5.74, 6) is -0.655. The average molecular weight is 574 g/mol. The van der Waals surface area contributed by atoms with Gasteiger partial charge in [-0.1, -0.05) is 53.5 Å². The highest BCUT2D eigenvalue weighted by Crippen LogP contribution is 2.42. The highest BCUT2D eigenvalue weighted by atomic mass is 35.5. The van der Waals surface area contributed by atoms with E-state index in [9.17, 15) is 22.9 Å². The number of azo groups is 1. The van der Waals surface area contributed by atoms with Crippen molar-refractivity contribution >= 4 is 67.1 Å². The maximum atomic E-state index is 13.2. The number of rotatable bonds is 7. The Labute approximate surface area is 228 Å². The van der Waals surface area contributed by atoms with Crippen molar-refractivity contribution in [3.8, 4) is 11.5 Å². The summed E-state index contributed by atoms with van der Waals surface area (Å²) in [5, 5.41) is 22.9. The van der Waals surface area contributed by atoms with E-state index in [0.29, 0.717) is 34.4 Å². The first-order valence-electron chi connectivity index (χ1n) is 11.2. The van der Waals surface area contributed by atoms with Crippen molar-refractivity contribution in [3.05, 3.63) is 81.8 Å². The molecule has 0 aliphatic carbocycles. The molecule has 38 heavy (non-hydrogen) atoms. The molecule has 4 rings (SSSR count). The summed E-state index contributed by atoms with van der Waals surface area (Å²) in [6.45, 7) is 3.90. The molecule has 0 radical (unpaired) electrons. The number of hydrogen-bond donors (Lipinski definition) is 3. The van der Waals surface area contributed by atoms with Crippen LogP contribution in [-0.4, -0.2) is 30.6 Å². The maximum absolute atomic E-state index is 13.2. The molecule has 9 nitrogen and oxygen atoms in total. The number of phenols is 1. The lowest BCUT2D eigenvalue weighted by atomic mass is 10.0. The molecule has 4 aromatic rings. The van der Waals surface area contributed by atoms with Crippen molar-refractivity contribution in [2.75, 3.05) is 11.9 Å². The Morgan fingerprint density at radius 3 is 2.42 bits per heavy atom. The second-order valence-electron chi connectivity index (χ2n) is 8.09. The van der Waals surface area contributed by atoms with Crippen LogP contribution in [0, 0.1) is 6.92 Å². The van der Waals surface area contributed by atoms with Crippen LogP contribution >= 0.6 is 23.2 Å². The van der Waals surface area contributed by atoms with Gasteiger partial charge in [-0.25, -0.2) is 0 Å². The molecule has 0 unspecified atom stereocenters. The van der Waals surface area contributed by atoms with Crippen LogP contribution < -0.4 is 10.1 Å². The van der Waals surface area contributed by atoms with Gasteiger partial charge in [-0.3, -0.25) is 9.35 Å². The normalized spacial score (nSPS) is 11.7. The van der Waals surface area contributed by atoms with Gasteiger partial charge in [0.2, 0.25) is 0 Å². The van der Waals surface area contributed by atoms with E-state index in [1.54, 1.807) is 49.4 Å². The van der Waals surface area contributed by atoms with E-state index in [2.05, 4.69) is 15.5 Å². The van der Waals surface area contributed by atoms with Gasteiger partial charge in [0, 0.05) is 11.5 Å². The van der Waals surface area contributed by atoms with E-state index in [1.165, 1.54) is 12.1 Å². The maximum Gasteiger partial charge on any atom is 0.296 e. The number of nitrogens with zero attached hydrogens (tertiary/aromatic N) is 2. The number of anilines is 1. The number of fused-ring (bicyclic) bond motifs is 1. The lowest BCUT2D eigenvalue weighted by Gasteiger charge is -2.13. The number of aryl methyl sites for hydroxylation is 1. The van der Waals surface area contributed by atoms with Gasteiger partial charge in [0.1, 0.15) is 22.0 Å². The molecule has 0 aliphatic rings. The fourth-order valence-corrected chi connectivity index (χ4v) is 4.79.